The topological polar surface area (TPSA) is 70.2 Å². The quantitative estimate of drug-likeness (QED) is 0.119. The Morgan fingerprint density at radius 3 is 2.30 bits per heavy atom. The first-order valence-electron chi connectivity index (χ1n) is 7.47. The van der Waals surface area contributed by atoms with Crippen molar-refractivity contribution < 1.29 is 9.53 Å². The van der Waals surface area contributed by atoms with Gasteiger partial charge in [-0.05, 0) is 0 Å². The Bertz CT molecular complexity index is 442. The summed E-state index contributed by atoms with van der Waals surface area (Å²) < 4.78 is 11.7. The van der Waals surface area contributed by atoms with Crippen molar-refractivity contribution >= 4 is 56.8 Å². The van der Waals surface area contributed by atoms with Crippen LogP contribution in [0.5, 0.6) is 0 Å². The molecule has 4 nitrogen and oxygen atoms in total. The number of carbonyl (C=O) groups excluding carboxylic acids is 1. The standard InChI is InChI=1S/C13H19BI2N2O2/c14-12(15,13-16(17-13)18-13)10(19)20-11(7-3-4-8-11)9-5-1-2-6-9/h9,17-18H,1-8H2. The molecule has 4 rings (SSSR count). The number of esters is 1. The van der Waals surface area contributed by atoms with Crippen molar-refractivity contribution in [2.45, 2.75) is 64.0 Å². The minimum absolute atomic E-state index is 0.204. The van der Waals surface area contributed by atoms with Crippen LogP contribution in [-0.2, 0) is 9.53 Å². The van der Waals surface area contributed by atoms with Crippen molar-refractivity contribution in [3.63, 3.8) is 0 Å². The molecule has 2 aliphatic heterocycles. The van der Waals surface area contributed by atoms with Crippen molar-refractivity contribution in [2.75, 3.05) is 0 Å². The molecule has 20 heavy (non-hydrogen) atoms. The number of carbonyl (C=O) groups is 1. The van der Waals surface area contributed by atoms with Gasteiger partial charge in [-0.2, -0.15) is 0 Å². The van der Waals surface area contributed by atoms with Crippen molar-refractivity contribution in [2.24, 2.45) is 5.92 Å². The van der Waals surface area contributed by atoms with Gasteiger partial charge in [-0.3, -0.25) is 0 Å². The van der Waals surface area contributed by atoms with E-state index in [4.69, 9.17) is 12.6 Å². The second kappa shape index (κ2) is 4.70. The molecular formula is C13H19BI2N2O2. The molecule has 4 fully saturated rings. The first-order chi connectivity index (χ1) is 9.50. The number of halogens is 2. The second-order valence-corrected chi connectivity index (χ2v) is 12.5. The van der Waals surface area contributed by atoms with Gasteiger partial charge in [0.25, 0.3) is 0 Å². The van der Waals surface area contributed by atoms with Crippen LogP contribution in [0.25, 0.3) is 0 Å². The van der Waals surface area contributed by atoms with Crippen molar-refractivity contribution in [1.82, 2.24) is 7.06 Å². The predicted molar refractivity (Wildman–Crippen MR) is 94.8 cm³/mol. The maximum atomic E-state index is 12.7. The molecule has 1 unspecified atom stereocenters. The fraction of sp³-hybridized carbons (Fsp3) is 0.923. The predicted octanol–water partition coefficient (Wildman–Crippen LogP) is 2.53. The molecule has 2 saturated heterocycles. The molecule has 1 atom stereocenters. The van der Waals surface area contributed by atoms with Gasteiger partial charge in [0.1, 0.15) is 0 Å². The van der Waals surface area contributed by atoms with Gasteiger partial charge in [0.05, 0.1) is 0 Å². The molecule has 2 N–H and O–H groups in total. The minimum atomic E-state index is -1.23. The third-order valence-electron chi connectivity index (χ3n) is 5.30. The summed E-state index contributed by atoms with van der Waals surface area (Å²) in [4.78, 5) is 12.7. The Labute approximate surface area is 142 Å². The van der Waals surface area contributed by atoms with Gasteiger partial charge < -0.3 is 0 Å². The molecule has 0 aromatic rings. The number of alkyl halides is 2. The van der Waals surface area contributed by atoms with E-state index in [9.17, 15) is 4.79 Å². The average Bonchev–Trinajstić information content (AvgIpc) is 3.07. The van der Waals surface area contributed by atoms with E-state index in [0.29, 0.717) is 5.92 Å². The molecule has 0 aromatic heterocycles. The first kappa shape index (κ1) is 14.5. The van der Waals surface area contributed by atoms with E-state index in [1.54, 1.807) is 0 Å². The van der Waals surface area contributed by atoms with Crippen LogP contribution in [-0.4, -0.2) is 26.4 Å². The van der Waals surface area contributed by atoms with E-state index in [2.05, 4.69) is 29.7 Å². The Morgan fingerprint density at radius 2 is 1.80 bits per heavy atom. The Morgan fingerprint density at radius 1 is 1.25 bits per heavy atom. The summed E-state index contributed by atoms with van der Waals surface area (Å²) in [6, 6.07) is 0. The van der Waals surface area contributed by atoms with Crippen LogP contribution in [0.4, 0.5) is 0 Å². The number of hydrogen-bond donors (Lipinski definition) is 2. The summed E-state index contributed by atoms with van der Waals surface area (Å²) >= 11 is 0.853. The molecule has 0 amide bonds. The molecule has 2 aliphatic carbocycles. The zero-order valence-electron chi connectivity index (χ0n) is 11.4. The van der Waals surface area contributed by atoms with Crippen LogP contribution in [0.1, 0.15) is 51.4 Å². The normalized spacial score (nSPS) is 34.4. The van der Waals surface area contributed by atoms with E-state index in [1.807, 2.05) is 0 Å². The maximum absolute atomic E-state index is 12.7. The van der Waals surface area contributed by atoms with Crippen molar-refractivity contribution in [1.29, 1.82) is 0 Å². The van der Waals surface area contributed by atoms with Crippen LogP contribution in [0.3, 0.4) is 0 Å². The Kier molecular flexibility index (Phi) is 3.41. The number of nitrogens with one attached hydrogen (secondary N) is 2. The van der Waals surface area contributed by atoms with Crippen LogP contribution in [0, 0.1) is 5.92 Å². The average molecular weight is 500 g/mol. The second-order valence-electron chi connectivity index (χ2n) is 6.49. The van der Waals surface area contributed by atoms with Gasteiger partial charge in [0.15, 0.2) is 0 Å². The van der Waals surface area contributed by atoms with Crippen molar-refractivity contribution in [3.05, 3.63) is 0 Å². The Hall–Kier alpha value is 0.915. The monoisotopic (exact) mass is 500 g/mol. The number of hydrogen-bond acceptors (Lipinski definition) is 4. The van der Waals surface area contributed by atoms with E-state index in [1.165, 1.54) is 38.5 Å². The van der Waals surface area contributed by atoms with Crippen LogP contribution in [0.2, 0.25) is 0 Å². The van der Waals surface area contributed by atoms with E-state index < -0.39 is 23.7 Å². The summed E-state index contributed by atoms with van der Waals surface area (Å²) in [6.45, 7) is 0. The third kappa shape index (κ3) is 2.01. The number of rotatable bonds is 4. The van der Waals surface area contributed by atoms with Gasteiger partial charge in [-0.1, -0.05) is 0 Å². The molecule has 0 bridgehead atoms. The van der Waals surface area contributed by atoms with Crippen LogP contribution in [0.15, 0.2) is 0 Å². The molecule has 0 spiro atoms. The fourth-order valence-electron chi connectivity index (χ4n) is 3.92. The SMILES string of the molecule is [B]C(I)(C(=O)OC1(C2CCCC2)CCCC1)C12NI1N2. The summed E-state index contributed by atoms with van der Waals surface area (Å²) in [5, 5.41) is 0. The Balaban J connectivity index is 1.51. The zero-order chi connectivity index (χ0) is 14.0. The van der Waals surface area contributed by atoms with E-state index >= 15 is 0 Å². The van der Waals surface area contributed by atoms with Crippen molar-refractivity contribution in [3.8, 4) is 0 Å². The third-order valence-corrected chi connectivity index (χ3v) is 12.2. The number of ether oxygens (including phenoxy) is 1. The van der Waals surface area contributed by atoms with E-state index in [0.717, 1.165) is 12.8 Å². The molecule has 2 heterocycles. The molecule has 0 aromatic carbocycles. The summed E-state index contributed by atoms with van der Waals surface area (Å²) in [6.07, 6.45) is 9.43. The van der Waals surface area contributed by atoms with Crippen LogP contribution >= 0.6 is 43.0 Å². The molecule has 7 heteroatoms. The molecule has 110 valence electrons. The fourth-order valence-corrected chi connectivity index (χ4v) is 11.2. The van der Waals surface area contributed by atoms with Gasteiger partial charge in [0.2, 0.25) is 0 Å². The summed E-state index contributed by atoms with van der Waals surface area (Å²) in [5.74, 6) is 0.358. The zero-order valence-corrected chi connectivity index (χ0v) is 15.7. The van der Waals surface area contributed by atoms with Gasteiger partial charge in [-0.15, -0.1) is 0 Å². The number of fused-ring (bicyclic) bond motifs is 1. The van der Waals surface area contributed by atoms with Gasteiger partial charge in [0, 0.05) is 0 Å². The first-order valence-corrected chi connectivity index (χ1v) is 11.8. The van der Waals surface area contributed by atoms with Crippen LogP contribution < -0.4 is 7.06 Å². The molecular weight excluding hydrogens is 481 g/mol. The van der Waals surface area contributed by atoms with Gasteiger partial charge in [-0.25, -0.2) is 0 Å². The van der Waals surface area contributed by atoms with E-state index in [-0.39, 0.29) is 15.2 Å². The molecule has 4 aliphatic rings. The molecule has 2 saturated carbocycles. The molecule has 2 radical (unpaired) electrons. The summed E-state index contributed by atoms with van der Waals surface area (Å²) in [7, 11) is 6.30. The van der Waals surface area contributed by atoms with Gasteiger partial charge >= 0.3 is 143 Å². The summed E-state index contributed by atoms with van der Waals surface area (Å²) in [5.41, 5.74) is -0.206.